The van der Waals surface area contributed by atoms with Crippen LogP contribution in [0.3, 0.4) is 0 Å². The molecule has 0 saturated carbocycles. The van der Waals surface area contributed by atoms with Crippen LogP contribution in [-0.2, 0) is 20.1 Å². The molecule has 0 saturated heterocycles. The third kappa shape index (κ3) is 2.52. The Kier molecular flexibility index (Phi) is 3.53. The number of nitrogens with one attached hydrogen (secondary N) is 1. The highest BCUT2D eigenvalue weighted by Gasteiger charge is 2.11. The van der Waals surface area contributed by atoms with Crippen molar-refractivity contribution < 1.29 is 0 Å². The van der Waals surface area contributed by atoms with Crippen LogP contribution < -0.4 is 5.32 Å². The summed E-state index contributed by atoms with van der Waals surface area (Å²) in [5.41, 5.74) is 0. The summed E-state index contributed by atoms with van der Waals surface area (Å²) in [7, 11) is 1.94. The van der Waals surface area contributed by atoms with E-state index in [4.69, 9.17) is 0 Å². The van der Waals surface area contributed by atoms with Crippen molar-refractivity contribution in [1.29, 1.82) is 0 Å². The van der Waals surface area contributed by atoms with Crippen molar-refractivity contribution in [2.24, 2.45) is 7.05 Å². The van der Waals surface area contributed by atoms with Gasteiger partial charge in [-0.15, -0.1) is 10.2 Å². The van der Waals surface area contributed by atoms with Gasteiger partial charge in [0.05, 0.1) is 12.6 Å². The maximum absolute atomic E-state index is 4.32. The number of aromatic nitrogens is 5. The van der Waals surface area contributed by atoms with Crippen molar-refractivity contribution in [3.63, 3.8) is 0 Å². The molecule has 0 aliphatic heterocycles. The average Bonchev–Trinajstić information content (AvgIpc) is 2.94. The molecule has 92 valence electrons. The molecule has 2 aromatic heterocycles. The van der Waals surface area contributed by atoms with Crippen molar-refractivity contribution in [1.82, 2.24) is 29.6 Å². The van der Waals surface area contributed by atoms with E-state index in [9.17, 15) is 0 Å². The van der Waals surface area contributed by atoms with Gasteiger partial charge in [0.1, 0.15) is 18.0 Å². The van der Waals surface area contributed by atoms with E-state index in [0.717, 1.165) is 24.7 Å². The Balaban J connectivity index is 1.97. The second kappa shape index (κ2) is 5.09. The summed E-state index contributed by atoms with van der Waals surface area (Å²) in [6.45, 7) is 5.85. The summed E-state index contributed by atoms with van der Waals surface area (Å²) in [6, 6.07) is 0.157. The first-order valence-electron chi connectivity index (χ1n) is 5.79. The van der Waals surface area contributed by atoms with E-state index in [1.807, 2.05) is 24.0 Å². The minimum absolute atomic E-state index is 0.157. The standard InChI is InChI=1S/C11H18N6/c1-4-17-6-5-12-10(17)7-13-9(2)11-15-14-8-16(11)3/h5-6,8-9,13H,4,7H2,1-3H3. The van der Waals surface area contributed by atoms with Gasteiger partial charge in [-0.25, -0.2) is 4.98 Å². The van der Waals surface area contributed by atoms with E-state index in [1.165, 1.54) is 0 Å². The van der Waals surface area contributed by atoms with E-state index < -0.39 is 0 Å². The summed E-state index contributed by atoms with van der Waals surface area (Å²) in [4.78, 5) is 4.32. The van der Waals surface area contributed by atoms with Crippen LogP contribution in [0.15, 0.2) is 18.7 Å². The molecule has 2 aromatic rings. The maximum atomic E-state index is 4.32. The van der Waals surface area contributed by atoms with Gasteiger partial charge in [-0.3, -0.25) is 0 Å². The summed E-state index contributed by atoms with van der Waals surface area (Å²) >= 11 is 0. The molecule has 0 radical (unpaired) electrons. The van der Waals surface area contributed by atoms with Gasteiger partial charge in [0.2, 0.25) is 0 Å². The Morgan fingerprint density at radius 3 is 2.94 bits per heavy atom. The third-order valence-corrected chi connectivity index (χ3v) is 2.84. The van der Waals surface area contributed by atoms with Gasteiger partial charge in [-0.05, 0) is 13.8 Å². The molecule has 0 aromatic carbocycles. The lowest BCUT2D eigenvalue weighted by atomic mass is 10.3. The van der Waals surface area contributed by atoms with Gasteiger partial charge in [-0.1, -0.05) is 0 Å². The lowest BCUT2D eigenvalue weighted by Gasteiger charge is -2.13. The highest BCUT2D eigenvalue weighted by Crippen LogP contribution is 2.08. The maximum Gasteiger partial charge on any atom is 0.149 e. The highest BCUT2D eigenvalue weighted by molar-refractivity contribution is 4.96. The average molecular weight is 234 g/mol. The zero-order valence-electron chi connectivity index (χ0n) is 10.5. The molecule has 1 N–H and O–H groups in total. The topological polar surface area (TPSA) is 60.6 Å². The first-order chi connectivity index (χ1) is 8.22. The Morgan fingerprint density at radius 2 is 2.29 bits per heavy atom. The number of rotatable bonds is 5. The molecule has 0 bridgehead atoms. The minimum Gasteiger partial charge on any atom is -0.334 e. The van der Waals surface area contributed by atoms with Crippen LogP contribution in [-0.4, -0.2) is 24.3 Å². The molecule has 0 fully saturated rings. The Labute approximate surface area is 101 Å². The molecule has 2 heterocycles. The number of aryl methyl sites for hydroxylation is 2. The van der Waals surface area contributed by atoms with E-state index in [1.54, 1.807) is 6.33 Å². The second-order valence-electron chi connectivity index (χ2n) is 4.03. The fourth-order valence-corrected chi connectivity index (χ4v) is 1.82. The fourth-order valence-electron chi connectivity index (χ4n) is 1.82. The Bertz CT molecular complexity index is 472. The quantitative estimate of drug-likeness (QED) is 0.834. The van der Waals surface area contributed by atoms with Crippen molar-refractivity contribution >= 4 is 0 Å². The van der Waals surface area contributed by atoms with Crippen LogP contribution >= 0.6 is 0 Å². The lowest BCUT2D eigenvalue weighted by molar-refractivity contribution is 0.506. The number of imidazole rings is 1. The molecular weight excluding hydrogens is 216 g/mol. The zero-order valence-corrected chi connectivity index (χ0v) is 10.5. The molecule has 6 heteroatoms. The Morgan fingerprint density at radius 1 is 1.47 bits per heavy atom. The first-order valence-corrected chi connectivity index (χ1v) is 5.79. The molecule has 1 atom stereocenters. The number of nitrogens with zero attached hydrogens (tertiary/aromatic N) is 5. The van der Waals surface area contributed by atoms with Crippen LogP contribution in [0, 0.1) is 0 Å². The minimum atomic E-state index is 0.157. The summed E-state index contributed by atoms with van der Waals surface area (Å²) in [5.74, 6) is 1.97. The van der Waals surface area contributed by atoms with Gasteiger partial charge >= 0.3 is 0 Å². The van der Waals surface area contributed by atoms with Gasteiger partial charge in [0.15, 0.2) is 0 Å². The van der Waals surface area contributed by atoms with Crippen molar-refractivity contribution in [3.8, 4) is 0 Å². The third-order valence-electron chi connectivity index (χ3n) is 2.84. The summed E-state index contributed by atoms with van der Waals surface area (Å²) in [6.07, 6.45) is 5.53. The van der Waals surface area contributed by atoms with Crippen molar-refractivity contribution in [3.05, 3.63) is 30.4 Å². The molecule has 1 unspecified atom stereocenters. The van der Waals surface area contributed by atoms with Crippen molar-refractivity contribution in [2.75, 3.05) is 0 Å². The van der Waals surface area contributed by atoms with E-state index in [-0.39, 0.29) is 6.04 Å². The van der Waals surface area contributed by atoms with Crippen LogP contribution in [0.2, 0.25) is 0 Å². The van der Waals surface area contributed by atoms with Gasteiger partial charge in [-0.2, -0.15) is 0 Å². The molecular formula is C11H18N6. The molecule has 0 amide bonds. The molecule has 6 nitrogen and oxygen atoms in total. The van der Waals surface area contributed by atoms with Crippen LogP contribution in [0.4, 0.5) is 0 Å². The van der Waals surface area contributed by atoms with E-state index in [0.29, 0.717) is 0 Å². The van der Waals surface area contributed by atoms with E-state index in [2.05, 4.69) is 38.9 Å². The monoisotopic (exact) mass is 234 g/mol. The van der Waals surface area contributed by atoms with Crippen LogP contribution in [0.25, 0.3) is 0 Å². The largest absolute Gasteiger partial charge is 0.334 e. The van der Waals surface area contributed by atoms with Gasteiger partial charge < -0.3 is 14.5 Å². The number of hydrogen-bond acceptors (Lipinski definition) is 4. The van der Waals surface area contributed by atoms with Gasteiger partial charge in [0.25, 0.3) is 0 Å². The first kappa shape index (κ1) is 11.8. The molecule has 17 heavy (non-hydrogen) atoms. The highest BCUT2D eigenvalue weighted by atomic mass is 15.3. The molecule has 0 aliphatic rings. The van der Waals surface area contributed by atoms with Crippen LogP contribution in [0.1, 0.15) is 31.5 Å². The normalized spacial score (nSPS) is 12.9. The summed E-state index contributed by atoms with van der Waals surface area (Å²) in [5, 5.41) is 11.4. The second-order valence-corrected chi connectivity index (χ2v) is 4.03. The zero-order chi connectivity index (χ0) is 12.3. The van der Waals surface area contributed by atoms with Crippen LogP contribution in [0.5, 0.6) is 0 Å². The predicted octanol–water partition coefficient (Wildman–Crippen LogP) is 0.882. The van der Waals surface area contributed by atoms with Crippen molar-refractivity contribution in [2.45, 2.75) is 33.0 Å². The Hall–Kier alpha value is -1.69. The lowest BCUT2D eigenvalue weighted by Crippen LogP contribution is -2.23. The van der Waals surface area contributed by atoms with Gasteiger partial charge in [0, 0.05) is 26.0 Å². The fraction of sp³-hybridized carbons (Fsp3) is 0.545. The summed E-state index contributed by atoms with van der Waals surface area (Å²) < 4.78 is 4.04. The van der Waals surface area contributed by atoms with E-state index >= 15 is 0 Å². The predicted molar refractivity (Wildman–Crippen MR) is 64.2 cm³/mol. The number of hydrogen-bond donors (Lipinski definition) is 1. The SMILES string of the molecule is CCn1ccnc1CNC(C)c1nncn1C. The molecule has 0 aliphatic carbocycles. The smallest absolute Gasteiger partial charge is 0.149 e. The molecule has 0 spiro atoms. The molecule has 2 rings (SSSR count).